The number of hydrogen-bond donors (Lipinski definition) is 0. The lowest BCUT2D eigenvalue weighted by molar-refractivity contribution is 0.205. The maximum Gasteiger partial charge on any atom is 0.359 e. The first-order valence-corrected chi connectivity index (χ1v) is 6.59. The lowest BCUT2D eigenvalue weighted by Gasteiger charge is -2.37. The quantitative estimate of drug-likeness (QED) is 0.702. The van der Waals surface area contributed by atoms with Crippen molar-refractivity contribution in [3.05, 3.63) is 0 Å². The van der Waals surface area contributed by atoms with E-state index in [0.29, 0.717) is 6.54 Å². The van der Waals surface area contributed by atoms with E-state index in [4.69, 9.17) is 9.05 Å². The highest BCUT2D eigenvalue weighted by Gasteiger charge is 2.58. The van der Waals surface area contributed by atoms with Crippen LogP contribution in [0, 0.1) is 11.8 Å². The molecule has 0 bridgehead atoms. The fourth-order valence-electron chi connectivity index (χ4n) is 2.20. The second-order valence-electron chi connectivity index (χ2n) is 4.13. The summed E-state index contributed by atoms with van der Waals surface area (Å²) < 4.78 is 22.7. The van der Waals surface area contributed by atoms with Crippen LogP contribution >= 0.6 is 7.60 Å². The van der Waals surface area contributed by atoms with Gasteiger partial charge in [-0.1, -0.05) is 20.8 Å². The monoisotopic (exact) mass is 234 g/mol. The van der Waals surface area contributed by atoms with Crippen LogP contribution in [0.2, 0.25) is 0 Å². The average Bonchev–Trinajstić information content (AvgIpc) is 2.60. The second-order valence-corrected chi connectivity index (χ2v) is 6.57. The predicted molar refractivity (Wildman–Crippen MR) is 58.1 cm³/mol. The van der Waals surface area contributed by atoms with E-state index in [2.05, 4.69) is 10.2 Å². The van der Waals surface area contributed by atoms with Gasteiger partial charge in [0.25, 0.3) is 0 Å². The Balaban J connectivity index is 3.23. The van der Waals surface area contributed by atoms with Crippen LogP contribution in [0.1, 0.15) is 20.8 Å². The lowest BCUT2D eigenvalue weighted by atomic mass is 9.93. The van der Waals surface area contributed by atoms with Gasteiger partial charge in [0.2, 0.25) is 0 Å². The van der Waals surface area contributed by atoms with Gasteiger partial charge in [-0.25, -0.2) is 0 Å². The van der Waals surface area contributed by atoms with Gasteiger partial charge in [0.15, 0.2) is 5.28 Å². The van der Waals surface area contributed by atoms with Gasteiger partial charge in [-0.2, -0.15) is 10.2 Å². The molecule has 0 aromatic heterocycles. The van der Waals surface area contributed by atoms with Gasteiger partial charge in [0.05, 0.1) is 6.54 Å². The van der Waals surface area contributed by atoms with Gasteiger partial charge < -0.3 is 9.05 Å². The van der Waals surface area contributed by atoms with Gasteiger partial charge in [0, 0.05) is 20.1 Å². The van der Waals surface area contributed by atoms with E-state index < -0.39 is 12.9 Å². The molecule has 1 aliphatic rings. The third kappa shape index (κ3) is 1.67. The largest absolute Gasteiger partial charge is 0.359 e. The molecular formula is C9H19N2O3P. The van der Waals surface area contributed by atoms with E-state index >= 15 is 0 Å². The molecule has 1 rings (SSSR count). The third-order valence-electron chi connectivity index (χ3n) is 3.08. The first-order chi connectivity index (χ1) is 6.94. The Morgan fingerprint density at radius 1 is 1.40 bits per heavy atom. The van der Waals surface area contributed by atoms with E-state index in [1.807, 2.05) is 20.8 Å². The Bertz CT molecular complexity index is 298. The number of hydrogen-bond acceptors (Lipinski definition) is 5. The molecule has 0 N–H and O–H groups in total. The van der Waals surface area contributed by atoms with Gasteiger partial charge in [-0.15, -0.1) is 0 Å². The van der Waals surface area contributed by atoms with Crippen molar-refractivity contribution in [2.75, 3.05) is 20.8 Å². The first-order valence-electron chi connectivity index (χ1n) is 5.05. The molecule has 0 fully saturated rings. The zero-order chi connectivity index (χ0) is 11.7. The third-order valence-corrected chi connectivity index (χ3v) is 5.97. The Morgan fingerprint density at radius 3 is 2.20 bits per heavy atom. The van der Waals surface area contributed by atoms with Gasteiger partial charge >= 0.3 is 7.60 Å². The van der Waals surface area contributed by atoms with Gasteiger partial charge in [0.1, 0.15) is 0 Å². The number of nitrogens with zero attached hydrogens (tertiary/aromatic N) is 2. The summed E-state index contributed by atoms with van der Waals surface area (Å²) in [5, 5.41) is 7.34. The maximum atomic E-state index is 12.5. The molecule has 0 saturated heterocycles. The van der Waals surface area contributed by atoms with Gasteiger partial charge in [-0.05, 0) is 5.92 Å². The van der Waals surface area contributed by atoms with E-state index in [-0.39, 0.29) is 11.8 Å². The van der Waals surface area contributed by atoms with Crippen molar-refractivity contribution in [1.82, 2.24) is 0 Å². The normalized spacial score (nSPS) is 31.5. The average molecular weight is 234 g/mol. The van der Waals surface area contributed by atoms with Crippen LogP contribution in [0.4, 0.5) is 0 Å². The van der Waals surface area contributed by atoms with Crippen LogP contribution in [0.15, 0.2) is 10.2 Å². The zero-order valence-electron chi connectivity index (χ0n) is 9.93. The minimum atomic E-state index is -3.23. The zero-order valence-corrected chi connectivity index (χ0v) is 10.8. The van der Waals surface area contributed by atoms with Crippen molar-refractivity contribution < 1.29 is 13.6 Å². The highest BCUT2D eigenvalue weighted by atomic mass is 31.2. The summed E-state index contributed by atoms with van der Waals surface area (Å²) in [5.41, 5.74) is 0. The number of azo groups is 1. The molecule has 0 saturated carbocycles. The maximum absolute atomic E-state index is 12.5. The molecule has 2 atom stereocenters. The summed E-state index contributed by atoms with van der Waals surface area (Å²) in [4.78, 5) is 0. The fourth-order valence-corrected chi connectivity index (χ4v) is 4.36. The standard InChI is InChI=1S/C9H19N2O3P/c1-7(2)9(8(3)6-10-11-9)15(12,13-4)14-5/h7-8H,6H2,1-5H3/t8-,9+/m1/s1. The van der Waals surface area contributed by atoms with Crippen LogP contribution in [-0.2, 0) is 13.6 Å². The second kappa shape index (κ2) is 4.32. The summed E-state index contributed by atoms with van der Waals surface area (Å²) in [7, 11) is -0.437. The highest BCUT2D eigenvalue weighted by molar-refractivity contribution is 7.55. The molecule has 0 unspecified atom stereocenters. The Morgan fingerprint density at radius 2 is 1.93 bits per heavy atom. The molecule has 0 radical (unpaired) electrons. The first kappa shape index (κ1) is 12.8. The summed E-state index contributed by atoms with van der Waals surface area (Å²) in [6.45, 7) is 6.48. The molecule has 1 heterocycles. The number of rotatable bonds is 4. The van der Waals surface area contributed by atoms with E-state index in [1.54, 1.807) is 0 Å². The van der Waals surface area contributed by atoms with Crippen LogP contribution in [-0.4, -0.2) is 26.0 Å². The Labute approximate surface area is 90.8 Å². The highest BCUT2D eigenvalue weighted by Crippen LogP contribution is 2.67. The predicted octanol–water partition coefficient (Wildman–Crippen LogP) is 2.93. The van der Waals surface area contributed by atoms with Crippen molar-refractivity contribution in [3.8, 4) is 0 Å². The molecule has 88 valence electrons. The molecule has 15 heavy (non-hydrogen) atoms. The molecule has 0 aliphatic carbocycles. The van der Waals surface area contributed by atoms with Crippen molar-refractivity contribution in [3.63, 3.8) is 0 Å². The topological polar surface area (TPSA) is 60.2 Å². The smallest absolute Gasteiger partial charge is 0.310 e. The molecule has 0 aromatic rings. The van der Waals surface area contributed by atoms with Crippen molar-refractivity contribution >= 4 is 7.60 Å². The lowest BCUT2D eigenvalue weighted by Crippen LogP contribution is -2.38. The Hall–Kier alpha value is -0.250. The molecule has 5 nitrogen and oxygen atoms in total. The van der Waals surface area contributed by atoms with Crippen molar-refractivity contribution in [2.24, 2.45) is 22.1 Å². The minimum absolute atomic E-state index is 0.0597. The van der Waals surface area contributed by atoms with Crippen LogP contribution in [0.5, 0.6) is 0 Å². The molecule has 0 aromatic carbocycles. The van der Waals surface area contributed by atoms with E-state index in [9.17, 15) is 4.57 Å². The molecule has 1 aliphatic heterocycles. The van der Waals surface area contributed by atoms with E-state index in [0.717, 1.165) is 0 Å². The molecular weight excluding hydrogens is 215 g/mol. The van der Waals surface area contributed by atoms with Crippen molar-refractivity contribution in [1.29, 1.82) is 0 Å². The summed E-state index contributed by atoms with van der Waals surface area (Å²) in [6, 6.07) is 0. The SMILES string of the molecule is COP(=O)(OC)[C@]1(C(C)C)N=NC[C@H]1C. The van der Waals surface area contributed by atoms with Crippen molar-refractivity contribution in [2.45, 2.75) is 26.1 Å². The summed E-state index contributed by atoms with van der Waals surface area (Å²) in [6.07, 6.45) is 0. The van der Waals surface area contributed by atoms with Crippen LogP contribution in [0.3, 0.4) is 0 Å². The molecule has 0 spiro atoms. The Kier molecular flexibility index (Phi) is 3.69. The summed E-state index contributed by atoms with van der Waals surface area (Å²) in [5.74, 6) is 0.132. The summed E-state index contributed by atoms with van der Waals surface area (Å²) >= 11 is 0. The van der Waals surface area contributed by atoms with E-state index in [1.165, 1.54) is 14.2 Å². The minimum Gasteiger partial charge on any atom is -0.310 e. The van der Waals surface area contributed by atoms with Crippen LogP contribution in [0.25, 0.3) is 0 Å². The molecule has 0 amide bonds. The van der Waals surface area contributed by atoms with Gasteiger partial charge in [-0.3, -0.25) is 4.57 Å². The fraction of sp³-hybridized carbons (Fsp3) is 1.00. The van der Waals surface area contributed by atoms with Crippen LogP contribution < -0.4 is 0 Å². The molecule has 6 heteroatoms.